The zero-order valence-corrected chi connectivity index (χ0v) is 16.0. The van der Waals surface area contributed by atoms with Crippen LogP contribution >= 0.6 is 23.4 Å². The van der Waals surface area contributed by atoms with Gasteiger partial charge in [-0.2, -0.15) is 5.10 Å². The summed E-state index contributed by atoms with van der Waals surface area (Å²) in [6.45, 7) is 0. The number of hydrogen-bond donors (Lipinski definition) is 1. The third-order valence-electron chi connectivity index (χ3n) is 3.60. The van der Waals surface area contributed by atoms with E-state index in [1.54, 1.807) is 19.2 Å². The van der Waals surface area contributed by atoms with Crippen LogP contribution in [0.4, 0.5) is 5.69 Å². The number of carbonyl (C=O) groups is 1. The van der Waals surface area contributed by atoms with Gasteiger partial charge in [-0.1, -0.05) is 11.6 Å². The van der Waals surface area contributed by atoms with E-state index in [0.717, 1.165) is 23.1 Å². The number of non-ortho nitro benzene ring substituents is 1. The minimum atomic E-state index is -0.527. The Bertz CT molecular complexity index is 1020. The molecule has 0 bridgehead atoms. The number of halogens is 1. The zero-order chi connectivity index (χ0) is 20.1. The highest BCUT2D eigenvalue weighted by Crippen LogP contribution is 2.30. The summed E-state index contributed by atoms with van der Waals surface area (Å²) in [5.41, 5.74) is 1.08. The van der Waals surface area contributed by atoms with Crippen LogP contribution in [0.25, 0.3) is 6.08 Å². The first-order valence-corrected chi connectivity index (χ1v) is 9.05. The smallest absolute Gasteiger partial charge is 0.270 e. The van der Waals surface area contributed by atoms with Gasteiger partial charge in [0, 0.05) is 22.7 Å². The number of benzene rings is 2. The van der Waals surface area contributed by atoms with Crippen LogP contribution in [0.2, 0.25) is 5.02 Å². The first kappa shape index (κ1) is 19.6. The van der Waals surface area contributed by atoms with Crippen molar-refractivity contribution in [3.05, 3.63) is 73.6 Å². The van der Waals surface area contributed by atoms with E-state index in [0.29, 0.717) is 20.7 Å². The third-order valence-corrected chi connectivity index (χ3v) is 4.84. The summed E-state index contributed by atoms with van der Waals surface area (Å²) in [6, 6.07) is 11.2. The number of amides is 1. The van der Waals surface area contributed by atoms with Gasteiger partial charge in [-0.15, -0.1) is 5.10 Å². The summed E-state index contributed by atoms with van der Waals surface area (Å²) in [5.74, 6) is 0.350. The molecule has 1 aliphatic rings. The van der Waals surface area contributed by atoms with Crippen LogP contribution in [0.1, 0.15) is 11.1 Å². The number of ether oxygens (including phenoxy) is 1. The molecule has 1 aliphatic heterocycles. The van der Waals surface area contributed by atoms with Crippen LogP contribution in [0.5, 0.6) is 5.75 Å². The quantitative estimate of drug-likeness (QED) is 0.345. The van der Waals surface area contributed by atoms with Crippen molar-refractivity contribution in [1.29, 1.82) is 0 Å². The van der Waals surface area contributed by atoms with E-state index in [2.05, 4.69) is 15.5 Å². The Hall–Kier alpha value is -3.17. The average molecular weight is 417 g/mol. The van der Waals surface area contributed by atoms with Gasteiger partial charge < -0.3 is 4.74 Å². The largest absolute Gasteiger partial charge is 0.497 e. The summed E-state index contributed by atoms with van der Waals surface area (Å²) in [4.78, 5) is 22.8. The van der Waals surface area contributed by atoms with Gasteiger partial charge in [0.1, 0.15) is 5.75 Å². The first-order valence-electron chi connectivity index (χ1n) is 7.86. The van der Waals surface area contributed by atoms with Gasteiger partial charge in [0.15, 0.2) is 5.17 Å². The summed E-state index contributed by atoms with van der Waals surface area (Å²) in [6.07, 6.45) is 3.02. The highest BCUT2D eigenvalue weighted by molar-refractivity contribution is 8.18. The van der Waals surface area contributed by atoms with Crippen molar-refractivity contribution in [2.24, 2.45) is 10.2 Å². The lowest BCUT2D eigenvalue weighted by atomic mass is 10.2. The Morgan fingerprint density at radius 3 is 2.68 bits per heavy atom. The van der Waals surface area contributed by atoms with E-state index < -0.39 is 4.92 Å². The Balaban J connectivity index is 1.75. The van der Waals surface area contributed by atoms with Crippen molar-refractivity contribution in [2.75, 3.05) is 7.11 Å². The molecule has 2 aromatic rings. The molecule has 0 spiro atoms. The fourth-order valence-corrected chi connectivity index (χ4v) is 3.15. The number of nitro benzene ring substituents is 1. The molecular weight excluding hydrogens is 404 g/mol. The van der Waals surface area contributed by atoms with Gasteiger partial charge in [0.05, 0.1) is 23.2 Å². The molecule has 0 saturated carbocycles. The number of thioether (sulfide) groups is 1. The maximum Gasteiger partial charge on any atom is 0.270 e. The Labute approximate surface area is 169 Å². The van der Waals surface area contributed by atoms with Crippen LogP contribution in [-0.4, -0.2) is 29.3 Å². The maximum absolute atomic E-state index is 12.1. The minimum Gasteiger partial charge on any atom is -0.497 e. The highest BCUT2D eigenvalue weighted by Gasteiger charge is 2.24. The molecule has 0 unspecified atom stereocenters. The number of nitro groups is 1. The summed E-state index contributed by atoms with van der Waals surface area (Å²) < 4.78 is 5.08. The molecule has 1 saturated heterocycles. The van der Waals surface area contributed by atoms with E-state index in [9.17, 15) is 14.9 Å². The Morgan fingerprint density at radius 1 is 1.25 bits per heavy atom. The maximum atomic E-state index is 12.1. The summed E-state index contributed by atoms with van der Waals surface area (Å²) >= 11 is 7.13. The lowest BCUT2D eigenvalue weighted by Crippen LogP contribution is -2.19. The van der Waals surface area contributed by atoms with Gasteiger partial charge in [-0.3, -0.25) is 20.2 Å². The van der Waals surface area contributed by atoms with Crippen molar-refractivity contribution in [1.82, 2.24) is 5.32 Å². The van der Waals surface area contributed by atoms with Crippen LogP contribution in [-0.2, 0) is 4.79 Å². The molecule has 0 radical (unpaired) electrons. The van der Waals surface area contributed by atoms with E-state index in [-0.39, 0.29) is 11.6 Å². The zero-order valence-electron chi connectivity index (χ0n) is 14.5. The van der Waals surface area contributed by atoms with Crippen molar-refractivity contribution in [3.63, 3.8) is 0 Å². The molecule has 0 aromatic heterocycles. The second-order valence-electron chi connectivity index (χ2n) is 5.45. The molecule has 1 N–H and O–H groups in total. The van der Waals surface area contributed by atoms with Gasteiger partial charge in [0.25, 0.3) is 11.6 Å². The Kier molecular flexibility index (Phi) is 6.07. The average Bonchev–Trinajstić information content (AvgIpc) is 3.03. The summed E-state index contributed by atoms with van der Waals surface area (Å²) in [7, 11) is 1.58. The van der Waals surface area contributed by atoms with Crippen LogP contribution in [0.3, 0.4) is 0 Å². The standard InChI is InChI=1S/C18H13ClN4O4S/c1-27-14-5-2-11(3-6-14)10-20-22-18-21-17(24)16(28-18)9-12-8-13(23(25)26)4-7-15(12)19/h2-10H,1H3,(H,21,22,24). The number of rotatable bonds is 5. The number of carbonyl (C=O) groups excluding carboxylic acids is 1. The monoisotopic (exact) mass is 416 g/mol. The molecule has 0 atom stereocenters. The van der Waals surface area contributed by atoms with Crippen LogP contribution < -0.4 is 10.1 Å². The first-order chi connectivity index (χ1) is 13.5. The van der Waals surface area contributed by atoms with Gasteiger partial charge in [-0.05, 0) is 53.7 Å². The number of nitrogens with one attached hydrogen (secondary N) is 1. The topological polar surface area (TPSA) is 106 Å². The SMILES string of the molecule is COc1ccc(C=NN=C2NC(=O)C(=Cc3cc([N+](=O)[O-])ccc3Cl)S2)cc1. The number of hydrogen-bond acceptors (Lipinski definition) is 7. The van der Waals surface area contributed by atoms with Gasteiger partial charge in [0.2, 0.25) is 0 Å². The summed E-state index contributed by atoms with van der Waals surface area (Å²) in [5, 5.41) is 22.0. The predicted octanol–water partition coefficient (Wildman–Crippen LogP) is 3.85. The molecule has 2 aromatic carbocycles. The lowest BCUT2D eigenvalue weighted by Gasteiger charge is -1.99. The molecule has 28 heavy (non-hydrogen) atoms. The molecule has 10 heteroatoms. The fourth-order valence-electron chi connectivity index (χ4n) is 2.21. The van der Waals surface area contributed by atoms with Crippen molar-refractivity contribution in [3.8, 4) is 5.75 Å². The molecule has 8 nitrogen and oxygen atoms in total. The number of nitrogens with zero attached hydrogens (tertiary/aromatic N) is 3. The predicted molar refractivity (Wildman–Crippen MR) is 110 cm³/mol. The molecule has 142 valence electrons. The normalized spacial score (nSPS) is 16.7. The lowest BCUT2D eigenvalue weighted by molar-refractivity contribution is -0.384. The number of methoxy groups -OCH3 is 1. The molecular formula is C18H13ClN4O4S. The minimum absolute atomic E-state index is 0.113. The number of amidine groups is 1. The van der Waals surface area contributed by atoms with Crippen molar-refractivity contribution in [2.45, 2.75) is 0 Å². The van der Waals surface area contributed by atoms with Crippen LogP contribution in [0, 0.1) is 10.1 Å². The molecule has 1 amide bonds. The fraction of sp³-hybridized carbons (Fsp3) is 0.0556. The van der Waals surface area contributed by atoms with Crippen LogP contribution in [0.15, 0.2) is 57.6 Å². The second-order valence-corrected chi connectivity index (χ2v) is 6.89. The van der Waals surface area contributed by atoms with Crippen molar-refractivity contribution >= 4 is 52.4 Å². The molecule has 1 fully saturated rings. The van der Waals surface area contributed by atoms with E-state index in [1.807, 2.05) is 12.1 Å². The van der Waals surface area contributed by atoms with Gasteiger partial charge in [-0.25, -0.2) is 0 Å². The van der Waals surface area contributed by atoms with E-state index >= 15 is 0 Å². The van der Waals surface area contributed by atoms with Gasteiger partial charge >= 0.3 is 0 Å². The van der Waals surface area contributed by atoms with E-state index in [1.165, 1.54) is 30.5 Å². The molecule has 1 heterocycles. The third kappa shape index (κ3) is 4.76. The van der Waals surface area contributed by atoms with E-state index in [4.69, 9.17) is 16.3 Å². The molecule has 3 rings (SSSR count). The highest BCUT2D eigenvalue weighted by atomic mass is 35.5. The Morgan fingerprint density at radius 2 is 2.00 bits per heavy atom. The molecule has 0 aliphatic carbocycles. The second kappa shape index (κ2) is 8.68. The van der Waals surface area contributed by atoms with Crippen molar-refractivity contribution < 1.29 is 14.5 Å².